The first kappa shape index (κ1) is 28.8. The second kappa shape index (κ2) is 11.4. The van der Waals surface area contributed by atoms with E-state index in [4.69, 9.17) is 6.57 Å². The molecule has 0 N–H and O–H groups in total. The van der Waals surface area contributed by atoms with E-state index in [9.17, 15) is 10.5 Å². The standard InChI is InChI=1S/C45H25N5/c1-48-34-21-22-36(44(26-34)50-41-14-5-3-12-38(41)45-33(28-47)9-7-15-43(45)50)31-19-17-30(18-20-31)32-8-6-10-35(25-32)49-40-13-4-2-11-37(40)39-24-29(27-46)16-23-42(39)49/h2-26H. The highest BCUT2D eigenvalue weighted by Gasteiger charge is 2.19. The molecule has 0 spiro atoms. The summed E-state index contributed by atoms with van der Waals surface area (Å²) < 4.78 is 4.44. The Morgan fingerprint density at radius 2 is 1.20 bits per heavy atom. The minimum absolute atomic E-state index is 0.550. The lowest BCUT2D eigenvalue weighted by molar-refractivity contribution is 1.18. The maximum absolute atomic E-state index is 9.98. The van der Waals surface area contributed by atoms with Gasteiger partial charge in [-0.1, -0.05) is 91.0 Å². The summed E-state index contributed by atoms with van der Waals surface area (Å²) in [5.74, 6) is 0. The van der Waals surface area contributed by atoms with Crippen molar-refractivity contribution in [3.8, 4) is 45.8 Å². The summed E-state index contributed by atoms with van der Waals surface area (Å²) in [6.07, 6.45) is 0. The van der Waals surface area contributed by atoms with Crippen molar-refractivity contribution in [1.29, 1.82) is 10.5 Å². The van der Waals surface area contributed by atoms with Crippen molar-refractivity contribution in [1.82, 2.24) is 9.13 Å². The third-order valence-corrected chi connectivity index (χ3v) is 9.60. The molecule has 0 radical (unpaired) electrons. The first-order valence-corrected chi connectivity index (χ1v) is 16.3. The van der Waals surface area contributed by atoms with Gasteiger partial charge in [0.15, 0.2) is 5.69 Å². The Balaban J connectivity index is 1.17. The Kier molecular flexibility index (Phi) is 6.56. The topological polar surface area (TPSA) is 61.8 Å². The summed E-state index contributed by atoms with van der Waals surface area (Å²) in [6.45, 7) is 7.79. The predicted octanol–water partition coefficient (Wildman–Crippen LogP) is 11.5. The van der Waals surface area contributed by atoms with E-state index in [1.165, 1.54) is 0 Å². The molecule has 2 aromatic heterocycles. The molecule has 5 heteroatoms. The molecule has 0 aliphatic carbocycles. The molecule has 2 heterocycles. The number of para-hydroxylation sites is 2. The van der Waals surface area contributed by atoms with Crippen LogP contribution in [0.1, 0.15) is 11.1 Å². The molecular weight excluding hydrogens is 611 g/mol. The molecule has 7 aromatic carbocycles. The molecule has 0 saturated carbocycles. The molecule has 50 heavy (non-hydrogen) atoms. The minimum Gasteiger partial charge on any atom is -0.310 e. The van der Waals surface area contributed by atoms with Gasteiger partial charge in [-0.3, -0.25) is 0 Å². The highest BCUT2D eigenvalue weighted by molar-refractivity contribution is 6.12. The van der Waals surface area contributed by atoms with E-state index >= 15 is 0 Å². The zero-order valence-corrected chi connectivity index (χ0v) is 26.7. The van der Waals surface area contributed by atoms with Gasteiger partial charge in [0.2, 0.25) is 0 Å². The van der Waals surface area contributed by atoms with Crippen LogP contribution >= 0.6 is 0 Å². The van der Waals surface area contributed by atoms with Crippen LogP contribution in [0.25, 0.3) is 82.1 Å². The van der Waals surface area contributed by atoms with E-state index in [1.54, 1.807) is 0 Å². The highest BCUT2D eigenvalue weighted by Crippen LogP contribution is 2.40. The van der Waals surface area contributed by atoms with Gasteiger partial charge in [-0.2, -0.15) is 10.5 Å². The third kappa shape index (κ3) is 4.38. The number of aromatic nitrogens is 2. The number of benzene rings is 7. The molecule has 0 bridgehead atoms. The van der Waals surface area contributed by atoms with Crippen LogP contribution in [0, 0.1) is 29.2 Å². The number of nitriles is 2. The van der Waals surface area contributed by atoms with Crippen molar-refractivity contribution >= 4 is 49.3 Å². The molecule has 0 fully saturated rings. The average molecular weight is 636 g/mol. The zero-order valence-electron chi connectivity index (χ0n) is 26.7. The number of hydrogen-bond acceptors (Lipinski definition) is 2. The molecule has 0 aliphatic rings. The Bertz CT molecular complexity index is 2960. The fourth-order valence-corrected chi connectivity index (χ4v) is 7.38. The lowest BCUT2D eigenvalue weighted by atomic mass is 9.98. The third-order valence-electron chi connectivity index (χ3n) is 9.60. The lowest BCUT2D eigenvalue weighted by Crippen LogP contribution is -1.97. The molecule has 9 rings (SSSR count). The first-order chi connectivity index (χ1) is 24.7. The van der Waals surface area contributed by atoms with E-state index < -0.39 is 0 Å². The molecule has 0 atom stereocenters. The number of hydrogen-bond donors (Lipinski definition) is 0. The van der Waals surface area contributed by atoms with Gasteiger partial charge in [0, 0.05) is 38.5 Å². The fourth-order valence-electron chi connectivity index (χ4n) is 7.38. The maximum atomic E-state index is 9.98. The Labute approximate surface area is 288 Å². The average Bonchev–Trinajstić information content (AvgIpc) is 3.70. The van der Waals surface area contributed by atoms with E-state index in [1.807, 2.05) is 78.9 Å². The van der Waals surface area contributed by atoms with Crippen molar-refractivity contribution in [2.24, 2.45) is 0 Å². The van der Waals surface area contributed by atoms with Gasteiger partial charge >= 0.3 is 0 Å². The van der Waals surface area contributed by atoms with Crippen molar-refractivity contribution in [2.75, 3.05) is 0 Å². The summed E-state index contributed by atoms with van der Waals surface area (Å²) >= 11 is 0. The summed E-state index contributed by atoms with van der Waals surface area (Å²) in [6, 6.07) is 55.7. The second-order valence-electron chi connectivity index (χ2n) is 12.3. The van der Waals surface area contributed by atoms with E-state index in [2.05, 4.69) is 98.9 Å². The van der Waals surface area contributed by atoms with Gasteiger partial charge in [-0.15, -0.1) is 0 Å². The van der Waals surface area contributed by atoms with Crippen LogP contribution in [-0.4, -0.2) is 9.13 Å². The number of nitrogens with zero attached hydrogens (tertiary/aromatic N) is 5. The number of rotatable bonds is 4. The van der Waals surface area contributed by atoms with Gasteiger partial charge in [-0.25, -0.2) is 4.85 Å². The number of fused-ring (bicyclic) bond motifs is 6. The summed E-state index contributed by atoms with van der Waals surface area (Å²) in [7, 11) is 0. The van der Waals surface area contributed by atoms with Crippen LogP contribution in [0.2, 0.25) is 0 Å². The van der Waals surface area contributed by atoms with Gasteiger partial charge < -0.3 is 9.13 Å². The lowest BCUT2D eigenvalue weighted by Gasteiger charge is -2.15. The molecule has 0 saturated heterocycles. The van der Waals surface area contributed by atoms with Crippen LogP contribution in [-0.2, 0) is 0 Å². The summed E-state index contributed by atoms with van der Waals surface area (Å²) in [5.41, 5.74) is 12.0. The van der Waals surface area contributed by atoms with Crippen LogP contribution in [0.5, 0.6) is 0 Å². The molecule has 0 unspecified atom stereocenters. The van der Waals surface area contributed by atoms with Gasteiger partial charge in [0.05, 0.1) is 51.9 Å². The second-order valence-corrected chi connectivity index (χ2v) is 12.3. The van der Waals surface area contributed by atoms with Gasteiger partial charge in [-0.05, 0) is 77.4 Å². The van der Waals surface area contributed by atoms with Crippen LogP contribution in [0.15, 0.2) is 152 Å². The van der Waals surface area contributed by atoms with E-state index in [0.29, 0.717) is 16.8 Å². The van der Waals surface area contributed by atoms with Gasteiger partial charge in [0.1, 0.15) is 0 Å². The quantitative estimate of drug-likeness (QED) is 0.181. The smallest absolute Gasteiger partial charge is 0.189 e. The fraction of sp³-hybridized carbons (Fsp3) is 0. The highest BCUT2D eigenvalue weighted by atomic mass is 15.0. The Hall–Kier alpha value is -7.39. The van der Waals surface area contributed by atoms with Crippen LogP contribution in [0.4, 0.5) is 5.69 Å². The zero-order chi connectivity index (χ0) is 33.8. The first-order valence-electron chi connectivity index (χ1n) is 16.3. The Morgan fingerprint density at radius 3 is 1.98 bits per heavy atom. The molecule has 230 valence electrons. The van der Waals surface area contributed by atoms with Crippen LogP contribution in [0.3, 0.4) is 0 Å². The van der Waals surface area contributed by atoms with Crippen molar-refractivity contribution in [3.63, 3.8) is 0 Å². The van der Waals surface area contributed by atoms with E-state index in [-0.39, 0.29) is 0 Å². The maximum Gasteiger partial charge on any atom is 0.189 e. The van der Waals surface area contributed by atoms with Crippen LogP contribution < -0.4 is 0 Å². The largest absolute Gasteiger partial charge is 0.310 e. The molecule has 0 aliphatic heterocycles. The molecular formula is C45H25N5. The van der Waals surface area contributed by atoms with Gasteiger partial charge in [0.25, 0.3) is 0 Å². The van der Waals surface area contributed by atoms with E-state index in [0.717, 1.165) is 77.2 Å². The summed E-state index contributed by atoms with van der Waals surface area (Å²) in [5, 5.41) is 23.6. The molecule has 0 amide bonds. The van der Waals surface area contributed by atoms with Crippen molar-refractivity contribution in [3.05, 3.63) is 174 Å². The van der Waals surface area contributed by atoms with Crippen molar-refractivity contribution < 1.29 is 0 Å². The normalized spacial score (nSPS) is 11.1. The summed E-state index contributed by atoms with van der Waals surface area (Å²) in [4.78, 5) is 3.77. The SMILES string of the molecule is [C-]#[N+]c1ccc(-c2ccc(-c3cccc(-n4c5ccccc5c5cc(C#N)ccc54)c3)cc2)c(-n2c3ccccc3c3c(C#N)cccc32)c1. The van der Waals surface area contributed by atoms with Crippen molar-refractivity contribution in [2.45, 2.75) is 0 Å². The minimum atomic E-state index is 0.550. The molecule has 5 nitrogen and oxygen atoms in total. The predicted molar refractivity (Wildman–Crippen MR) is 202 cm³/mol. The molecule has 9 aromatic rings. The Morgan fingerprint density at radius 1 is 0.500 bits per heavy atom. The monoisotopic (exact) mass is 635 g/mol.